The van der Waals surface area contributed by atoms with Crippen LogP contribution >= 0.6 is 0 Å². The summed E-state index contributed by atoms with van der Waals surface area (Å²) in [7, 11) is 0. The van der Waals surface area contributed by atoms with Crippen molar-refractivity contribution in [3.63, 3.8) is 0 Å². The van der Waals surface area contributed by atoms with Crippen LogP contribution in [0.2, 0.25) is 0 Å². The molecule has 3 heteroatoms. The SMILES string of the molecule is Cc1cc(N2CC[C@H](Cc3ccccc3)C2)c2cc(Oc3ccccc3)ccc2n1. The predicted octanol–water partition coefficient (Wildman–Crippen LogP) is 6.40. The Kier molecular flexibility index (Phi) is 5.10. The Morgan fingerprint density at radius 2 is 1.67 bits per heavy atom. The van der Waals surface area contributed by atoms with Gasteiger partial charge in [0.2, 0.25) is 0 Å². The zero-order valence-corrected chi connectivity index (χ0v) is 17.3. The van der Waals surface area contributed by atoms with E-state index in [1.807, 2.05) is 36.4 Å². The summed E-state index contributed by atoms with van der Waals surface area (Å²) in [4.78, 5) is 7.29. The van der Waals surface area contributed by atoms with Gasteiger partial charge in [-0.2, -0.15) is 0 Å². The van der Waals surface area contributed by atoms with Crippen LogP contribution in [0.15, 0.2) is 84.9 Å². The van der Waals surface area contributed by atoms with Crippen molar-refractivity contribution in [3.8, 4) is 11.5 Å². The van der Waals surface area contributed by atoms with Crippen molar-refractivity contribution >= 4 is 16.6 Å². The van der Waals surface area contributed by atoms with Gasteiger partial charge in [-0.3, -0.25) is 4.98 Å². The molecule has 0 aliphatic carbocycles. The molecule has 0 spiro atoms. The van der Waals surface area contributed by atoms with Crippen LogP contribution in [0.4, 0.5) is 5.69 Å². The quantitative estimate of drug-likeness (QED) is 0.391. The summed E-state index contributed by atoms with van der Waals surface area (Å²) >= 11 is 0. The van der Waals surface area contributed by atoms with Gasteiger partial charge in [0.05, 0.1) is 5.52 Å². The molecule has 150 valence electrons. The Bertz CT molecular complexity index is 1140. The lowest BCUT2D eigenvalue weighted by atomic mass is 9.99. The van der Waals surface area contributed by atoms with Gasteiger partial charge in [0, 0.05) is 29.9 Å². The fraction of sp³-hybridized carbons (Fsp3) is 0.222. The molecule has 1 aliphatic heterocycles. The van der Waals surface area contributed by atoms with Crippen molar-refractivity contribution in [1.29, 1.82) is 0 Å². The highest BCUT2D eigenvalue weighted by atomic mass is 16.5. The summed E-state index contributed by atoms with van der Waals surface area (Å²) in [6, 6.07) is 29.2. The first-order chi connectivity index (χ1) is 14.7. The number of hydrogen-bond donors (Lipinski definition) is 0. The van der Waals surface area contributed by atoms with Crippen LogP contribution in [0, 0.1) is 12.8 Å². The summed E-state index contributed by atoms with van der Waals surface area (Å²) in [5.41, 5.74) is 4.78. The normalized spacial score (nSPS) is 16.2. The number of fused-ring (bicyclic) bond motifs is 1. The highest BCUT2D eigenvalue weighted by Gasteiger charge is 2.24. The molecule has 0 saturated carbocycles. The summed E-state index contributed by atoms with van der Waals surface area (Å²) < 4.78 is 6.09. The third-order valence-corrected chi connectivity index (χ3v) is 5.86. The highest BCUT2D eigenvalue weighted by molar-refractivity contribution is 5.93. The van der Waals surface area contributed by atoms with E-state index in [0.29, 0.717) is 5.92 Å². The van der Waals surface area contributed by atoms with Gasteiger partial charge in [0.15, 0.2) is 0 Å². The fourth-order valence-electron chi connectivity index (χ4n) is 4.43. The number of aromatic nitrogens is 1. The Labute approximate surface area is 178 Å². The largest absolute Gasteiger partial charge is 0.457 e. The summed E-state index contributed by atoms with van der Waals surface area (Å²) in [5.74, 6) is 2.38. The number of anilines is 1. The average Bonchev–Trinajstić information content (AvgIpc) is 3.23. The molecule has 1 atom stereocenters. The smallest absolute Gasteiger partial charge is 0.128 e. The third-order valence-electron chi connectivity index (χ3n) is 5.86. The van der Waals surface area contributed by atoms with Crippen molar-refractivity contribution in [2.24, 2.45) is 5.92 Å². The zero-order valence-electron chi connectivity index (χ0n) is 17.3. The molecule has 0 N–H and O–H groups in total. The van der Waals surface area contributed by atoms with Crippen molar-refractivity contribution < 1.29 is 4.74 Å². The number of nitrogens with zero attached hydrogens (tertiary/aromatic N) is 2. The van der Waals surface area contributed by atoms with E-state index in [4.69, 9.17) is 9.72 Å². The molecule has 1 aliphatic rings. The molecule has 2 heterocycles. The highest BCUT2D eigenvalue weighted by Crippen LogP contribution is 2.35. The molecule has 0 unspecified atom stereocenters. The van der Waals surface area contributed by atoms with Crippen molar-refractivity contribution in [2.45, 2.75) is 19.8 Å². The van der Waals surface area contributed by atoms with Gasteiger partial charge < -0.3 is 9.64 Å². The third kappa shape index (κ3) is 4.02. The van der Waals surface area contributed by atoms with E-state index in [0.717, 1.165) is 47.6 Å². The predicted molar refractivity (Wildman–Crippen MR) is 123 cm³/mol. The van der Waals surface area contributed by atoms with Gasteiger partial charge in [-0.05, 0) is 67.6 Å². The van der Waals surface area contributed by atoms with E-state index < -0.39 is 0 Å². The second-order valence-electron chi connectivity index (χ2n) is 8.17. The molecule has 30 heavy (non-hydrogen) atoms. The van der Waals surface area contributed by atoms with Crippen molar-refractivity contribution in [1.82, 2.24) is 4.98 Å². The monoisotopic (exact) mass is 394 g/mol. The Morgan fingerprint density at radius 1 is 0.900 bits per heavy atom. The van der Waals surface area contributed by atoms with Gasteiger partial charge in [-0.1, -0.05) is 48.5 Å². The first kappa shape index (κ1) is 18.7. The number of rotatable bonds is 5. The molecule has 1 aromatic heterocycles. The van der Waals surface area contributed by atoms with E-state index in [2.05, 4.69) is 60.4 Å². The standard InChI is InChI=1S/C27H26N2O/c1-20-16-27(29-15-14-22(19-29)17-21-8-4-2-5-9-21)25-18-24(12-13-26(25)28-20)30-23-10-6-3-7-11-23/h2-13,16,18,22H,14-15,17,19H2,1H3/t22-/m1/s1. The molecule has 0 bridgehead atoms. The fourth-order valence-corrected chi connectivity index (χ4v) is 4.43. The number of ether oxygens (including phenoxy) is 1. The molecule has 1 fully saturated rings. The molecule has 0 amide bonds. The number of para-hydroxylation sites is 1. The number of pyridine rings is 1. The first-order valence-electron chi connectivity index (χ1n) is 10.7. The molecule has 1 saturated heterocycles. The van der Waals surface area contributed by atoms with Crippen LogP contribution < -0.4 is 9.64 Å². The summed E-state index contributed by atoms with van der Waals surface area (Å²) in [6.45, 7) is 4.24. The van der Waals surface area contributed by atoms with Gasteiger partial charge in [-0.15, -0.1) is 0 Å². The lowest BCUT2D eigenvalue weighted by Crippen LogP contribution is -2.20. The lowest BCUT2D eigenvalue weighted by Gasteiger charge is -2.22. The van der Waals surface area contributed by atoms with Crippen LogP contribution in [-0.2, 0) is 6.42 Å². The number of benzene rings is 3. The zero-order chi connectivity index (χ0) is 20.3. The van der Waals surface area contributed by atoms with Crippen LogP contribution in [0.3, 0.4) is 0 Å². The van der Waals surface area contributed by atoms with Gasteiger partial charge in [0.1, 0.15) is 11.5 Å². The maximum Gasteiger partial charge on any atom is 0.128 e. The summed E-state index contributed by atoms with van der Waals surface area (Å²) in [5, 5.41) is 1.16. The van der Waals surface area contributed by atoms with E-state index in [1.165, 1.54) is 17.7 Å². The Balaban J connectivity index is 1.42. The van der Waals surface area contributed by atoms with Crippen LogP contribution in [-0.4, -0.2) is 18.1 Å². The molecular weight excluding hydrogens is 368 g/mol. The van der Waals surface area contributed by atoms with Crippen LogP contribution in [0.25, 0.3) is 10.9 Å². The van der Waals surface area contributed by atoms with Crippen molar-refractivity contribution in [2.75, 3.05) is 18.0 Å². The van der Waals surface area contributed by atoms with E-state index in [1.54, 1.807) is 0 Å². The second kappa shape index (κ2) is 8.19. The maximum absolute atomic E-state index is 6.09. The van der Waals surface area contributed by atoms with E-state index in [9.17, 15) is 0 Å². The van der Waals surface area contributed by atoms with Gasteiger partial charge in [-0.25, -0.2) is 0 Å². The second-order valence-corrected chi connectivity index (χ2v) is 8.17. The Morgan fingerprint density at radius 3 is 2.47 bits per heavy atom. The molecule has 3 aromatic carbocycles. The number of hydrogen-bond acceptors (Lipinski definition) is 3. The minimum atomic E-state index is 0.680. The van der Waals surface area contributed by atoms with E-state index in [-0.39, 0.29) is 0 Å². The lowest BCUT2D eigenvalue weighted by molar-refractivity contribution is 0.483. The Hall–Kier alpha value is -3.33. The maximum atomic E-state index is 6.09. The van der Waals surface area contributed by atoms with Gasteiger partial charge >= 0.3 is 0 Å². The molecule has 4 aromatic rings. The average molecular weight is 395 g/mol. The van der Waals surface area contributed by atoms with Gasteiger partial charge in [0.25, 0.3) is 0 Å². The molecule has 5 rings (SSSR count). The van der Waals surface area contributed by atoms with E-state index >= 15 is 0 Å². The van der Waals surface area contributed by atoms with Crippen molar-refractivity contribution in [3.05, 3.63) is 96.2 Å². The minimum Gasteiger partial charge on any atom is -0.457 e. The molecule has 3 nitrogen and oxygen atoms in total. The first-order valence-corrected chi connectivity index (χ1v) is 10.7. The topological polar surface area (TPSA) is 25.4 Å². The summed E-state index contributed by atoms with van der Waals surface area (Å²) in [6.07, 6.45) is 2.36. The number of aryl methyl sites for hydroxylation is 1. The van der Waals surface area contributed by atoms with Crippen LogP contribution in [0.5, 0.6) is 11.5 Å². The van der Waals surface area contributed by atoms with Crippen LogP contribution in [0.1, 0.15) is 17.7 Å². The molecular formula is C27H26N2O. The molecule has 0 radical (unpaired) electrons. The minimum absolute atomic E-state index is 0.680.